The molecular formula is C17H17NO3. The molecule has 0 aliphatic heterocycles. The second kappa shape index (κ2) is 9.20. The standard InChI is InChI=1S/C17H17NO3/c1-2-7-15(13-19)9-6-4-3-5-8-14-10-11-17(20)16(12-14)18-21/h2,5-13,20H,1,3-4H2/b8-5+,9-6-,15-7+. The summed E-state index contributed by atoms with van der Waals surface area (Å²) in [6, 6.07) is 4.66. The van der Waals surface area contributed by atoms with Crippen LogP contribution < -0.4 is 0 Å². The SMILES string of the molecule is C=C/C=C(C=O)\C=C/CC/C=C/c1ccc(O)c(N=O)c1. The first kappa shape index (κ1) is 16.3. The number of hydrogen-bond acceptors (Lipinski definition) is 4. The lowest BCUT2D eigenvalue weighted by molar-refractivity contribution is -0.104. The molecule has 0 aromatic heterocycles. The van der Waals surface area contributed by atoms with Gasteiger partial charge in [-0.15, -0.1) is 4.91 Å². The van der Waals surface area contributed by atoms with Crippen molar-refractivity contribution in [3.8, 4) is 5.75 Å². The van der Waals surface area contributed by atoms with E-state index in [9.17, 15) is 14.8 Å². The lowest BCUT2D eigenvalue weighted by Gasteiger charge is -1.97. The van der Waals surface area contributed by atoms with E-state index in [4.69, 9.17) is 0 Å². The van der Waals surface area contributed by atoms with Crippen LogP contribution in [0, 0.1) is 4.91 Å². The van der Waals surface area contributed by atoms with Crippen molar-refractivity contribution in [1.82, 2.24) is 0 Å². The van der Waals surface area contributed by atoms with E-state index in [1.165, 1.54) is 12.1 Å². The maximum absolute atomic E-state index is 10.7. The molecule has 4 heteroatoms. The average Bonchev–Trinajstić information content (AvgIpc) is 2.51. The van der Waals surface area contributed by atoms with Crippen molar-refractivity contribution in [2.75, 3.05) is 0 Å². The summed E-state index contributed by atoms with van der Waals surface area (Å²) in [4.78, 5) is 21.1. The van der Waals surface area contributed by atoms with Crippen LogP contribution in [-0.4, -0.2) is 11.4 Å². The topological polar surface area (TPSA) is 66.7 Å². The van der Waals surface area contributed by atoms with Crippen LogP contribution in [0.1, 0.15) is 18.4 Å². The number of rotatable bonds is 8. The second-order valence-electron chi connectivity index (χ2n) is 4.24. The van der Waals surface area contributed by atoms with Crippen molar-refractivity contribution in [3.63, 3.8) is 0 Å². The van der Waals surface area contributed by atoms with Gasteiger partial charge in [0, 0.05) is 5.57 Å². The summed E-state index contributed by atoms with van der Waals surface area (Å²) in [6.45, 7) is 3.53. The summed E-state index contributed by atoms with van der Waals surface area (Å²) in [5.41, 5.74) is 1.41. The molecule has 4 nitrogen and oxygen atoms in total. The Morgan fingerprint density at radius 1 is 1.29 bits per heavy atom. The quantitative estimate of drug-likeness (QED) is 0.252. The first-order chi connectivity index (χ1) is 10.2. The van der Waals surface area contributed by atoms with E-state index >= 15 is 0 Å². The van der Waals surface area contributed by atoms with Crippen LogP contribution >= 0.6 is 0 Å². The second-order valence-corrected chi connectivity index (χ2v) is 4.24. The van der Waals surface area contributed by atoms with Gasteiger partial charge in [-0.2, -0.15) is 0 Å². The molecule has 0 aliphatic carbocycles. The molecule has 0 radical (unpaired) electrons. The summed E-state index contributed by atoms with van der Waals surface area (Å²) >= 11 is 0. The Morgan fingerprint density at radius 2 is 2.05 bits per heavy atom. The third-order valence-electron chi connectivity index (χ3n) is 2.66. The van der Waals surface area contributed by atoms with Crippen LogP contribution in [0.5, 0.6) is 5.75 Å². The van der Waals surface area contributed by atoms with E-state index < -0.39 is 0 Å². The van der Waals surface area contributed by atoms with Gasteiger partial charge in [0.2, 0.25) is 0 Å². The van der Waals surface area contributed by atoms with Crippen LogP contribution in [0.3, 0.4) is 0 Å². The lowest BCUT2D eigenvalue weighted by Crippen LogP contribution is -1.77. The molecule has 1 rings (SSSR count). The van der Waals surface area contributed by atoms with Crippen LogP contribution in [0.4, 0.5) is 5.69 Å². The van der Waals surface area contributed by atoms with Crippen LogP contribution in [0.15, 0.2) is 65.9 Å². The van der Waals surface area contributed by atoms with Gasteiger partial charge >= 0.3 is 0 Å². The maximum Gasteiger partial charge on any atom is 0.150 e. The van der Waals surface area contributed by atoms with Crippen molar-refractivity contribution in [2.24, 2.45) is 5.18 Å². The highest BCUT2D eigenvalue weighted by Crippen LogP contribution is 2.27. The number of carbonyl (C=O) groups is 1. The third kappa shape index (κ3) is 5.82. The highest BCUT2D eigenvalue weighted by molar-refractivity contribution is 5.77. The van der Waals surface area contributed by atoms with Crippen molar-refractivity contribution in [2.45, 2.75) is 12.8 Å². The number of benzene rings is 1. The normalized spacial score (nSPS) is 11.9. The van der Waals surface area contributed by atoms with E-state index in [1.54, 1.807) is 24.3 Å². The van der Waals surface area contributed by atoms with Crippen LogP contribution in [0.2, 0.25) is 0 Å². The van der Waals surface area contributed by atoms with Gasteiger partial charge in [0.1, 0.15) is 17.7 Å². The number of unbranched alkanes of at least 4 members (excludes halogenated alkanes) is 1. The molecule has 0 fully saturated rings. The predicted molar refractivity (Wildman–Crippen MR) is 85.3 cm³/mol. The van der Waals surface area contributed by atoms with Crippen molar-refractivity contribution in [1.29, 1.82) is 0 Å². The molecule has 1 N–H and O–H groups in total. The van der Waals surface area contributed by atoms with Gasteiger partial charge in [0.25, 0.3) is 0 Å². The van der Waals surface area contributed by atoms with E-state index in [1.807, 2.05) is 18.2 Å². The van der Waals surface area contributed by atoms with E-state index in [-0.39, 0.29) is 11.4 Å². The number of allylic oxidation sites excluding steroid dienone is 6. The van der Waals surface area contributed by atoms with Gasteiger partial charge in [0.05, 0.1) is 0 Å². The fourth-order valence-electron chi connectivity index (χ4n) is 1.62. The minimum absolute atomic E-state index is 0.0298. The first-order valence-corrected chi connectivity index (χ1v) is 6.48. The van der Waals surface area contributed by atoms with Crippen molar-refractivity contribution in [3.05, 3.63) is 71.2 Å². The van der Waals surface area contributed by atoms with Crippen molar-refractivity contribution >= 4 is 18.0 Å². The fourth-order valence-corrected chi connectivity index (χ4v) is 1.62. The van der Waals surface area contributed by atoms with Gasteiger partial charge in [-0.3, -0.25) is 4.79 Å². The number of hydrogen-bond donors (Lipinski definition) is 1. The molecule has 0 aliphatic rings. The van der Waals surface area contributed by atoms with Crippen molar-refractivity contribution < 1.29 is 9.90 Å². The maximum atomic E-state index is 10.7. The van der Waals surface area contributed by atoms with Gasteiger partial charge in [-0.05, 0) is 35.7 Å². The zero-order valence-electron chi connectivity index (χ0n) is 11.6. The molecule has 21 heavy (non-hydrogen) atoms. The Balaban J connectivity index is 2.50. The number of aldehydes is 1. The summed E-state index contributed by atoms with van der Waals surface area (Å²) in [5.74, 6) is -0.125. The predicted octanol–water partition coefficient (Wildman–Crippen LogP) is 4.45. The molecule has 0 bridgehead atoms. The smallest absolute Gasteiger partial charge is 0.150 e. The number of nitrogens with zero attached hydrogens (tertiary/aromatic N) is 1. The van der Waals surface area contributed by atoms with E-state index in [0.717, 1.165) is 24.7 Å². The number of nitroso groups, excluding NO2 is 1. The minimum atomic E-state index is -0.125. The molecule has 0 saturated heterocycles. The molecule has 0 unspecified atom stereocenters. The summed E-state index contributed by atoms with van der Waals surface area (Å²) in [6.07, 6.45) is 13.0. The van der Waals surface area contributed by atoms with E-state index in [2.05, 4.69) is 11.8 Å². The molecule has 108 valence electrons. The molecule has 0 spiro atoms. The van der Waals surface area contributed by atoms with Crippen LogP contribution in [-0.2, 0) is 4.79 Å². The van der Waals surface area contributed by atoms with Gasteiger partial charge in [-0.1, -0.05) is 49.1 Å². The highest BCUT2D eigenvalue weighted by Gasteiger charge is 2.00. The Labute approximate surface area is 123 Å². The van der Waals surface area contributed by atoms with Gasteiger partial charge in [0.15, 0.2) is 0 Å². The molecule has 1 aromatic carbocycles. The first-order valence-electron chi connectivity index (χ1n) is 6.48. The molecular weight excluding hydrogens is 266 g/mol. The summed E-state index contributed by atoms with van der Waals surface area (Å²) in [7, 11) is 0. The molecule has 0 atom stereocenters. The number of carbonyl (C=O) groups excluding carboxylic acids is 1. The molecule has 0 saturated carbocycles. The Morgan fingerprint density at radius 3 is 2.71 bits per heavy atom. The molecule has 0 amide bonds. The van der Waals surface area contributed by atoms with Gasteiger partial charge < -0.3 is 5.11 Å². The minimum Gasteiger partial charge on any atom is -0.506 e. The average molecular weight is 283 g/mol. The fraction of sp³-hybridized carbons (Fsp3) is 0.118. The molecule has 0 heterocycles. The zero-order valence-corrected chi connectivity index (χ0v) is 11.6. The summed E-state index contributed by atoms with van der Waals surface area (Å²) < 4.78 is 0. The zero-order chi connectivity index (χ0) is 15.5. The number of phenols is 1. The number of aromatic hydroxyl groups is 1. The third-order valence-corrected chi connectivity index (χ3v) is 2.66. The molecule has 1 aromatic rings. The Hall–Kier alpha value is -2.75. The van der Waals surface area contributed by atoms with E-state index in [0.29, 0.717) is 5.57 Å². The largest absolute Gasteiger partial charge is 0.506 e. The van der Waals surface area contributed by atoms with Gasteiger partial charge in [-0.25, -0.2) is 0 Å². The Kier molecular flexibility index (Phi) is 7.14. The van der Waals surface area contributed by atoms with Crippen LogP contribution in [0.25, 0.3) is 6.08 Å². The summed E-state index contributed by atoms with van der Waals surface area (Å²) in [5, 5.41) is 12.1. The highest BCUT2D eigenvalue weighted by atomic mass is 16.3. The Bertz CT molecular complexity index is 598. The monoisotopic (exact) mass is 283 g/mol. The lowest BCUT2D eigenvalue weighted by atomic mass is 10.1. The number of phenolic OH excluding ortho intramolecular Hbond substituents is 1.